The van der Waals surface area contributed by atoms with Gasteiger partial charge in [0, 0.05) is 31.5 Å². The molecule has 0 bridgehead atoms. The van der Waals surface area contributed by atoms with Crippen LogP contribution >= 0.6 is 11.3 Å². The number of fused-ring (bicyclic) bond motifs is 1. The molecule has 3 nitrogen and oxygen atoms in total. The summed E-state index contributed by atoms with van der Waals surface area (Å²) in [5, 5.41) is 1.02. The minimum absolute atomic E-state index is 0.967. The third kappa shape index (κ3) is 1.95. The van der Waals surface area contributed by atoms with Crippen molar-refractivity contribution < 1.29 is 0 Å². The van der Waals surface area contributed by atoms with E-state index in [0.717, 1.165) is 20.9 Å². The lowest BCUT2D eigenvalue weighted by Gasteiger charge is -2.11. The molecular weight excluding hydrogens is 242 g/mol. The van der Waals surface area contributed by atoms with Crippen molar-refractivity contribution in [2.45, 2.75) is 0 Å². The highest BCUT2D eigenvalue weighted by molar-refractivity contribution is 7.21. The van der Waals surface area contributed by atoms with Crippen LogP contribution in [0.2, 0.25) is 0 Å². The smallest absolute Gasteiger partial charge is 0.143 e. The second kappa shape index (κ2) is 4.38. The summed E-state index contributed by atoms with van der Waals surface area (Å²) in [6.45, 7) is 0. The van der Waals surface area contributed by atoms with Gasteiger partial charge in [-0.05, 0) is 36.4 Å². The Morgan fingerprint density at radius 2 is 1.83 bits per heavy atom. The van der Waals surface area contributed by atoms with Gasteiger partial charge in [0.05, 0.1) is 0 Å². The van der Waals surface area contributed by atoms with E-state index in [2.05, 4.69) is 39.1 Å². The third-order valence-corrected chi connectivity index (χ3v) is 3.83. The van der Waals surface area contributed by atoms with Crippen molar-refractivity contribution in [1.82, 2.24) is 9.97 Å². The van der Waals surface area contributed by atoms with Gasteiger partial charge in [0.1, 0.15) is 15.4 Å². The van der Waals surface area contributed by atoms with Crippen molar-refractivity contribution in [3.8, 4) is 10.6 Å². The van der Waals surface area contributed by atoms with Crippen molar-refractivity contribution in [2.75, 3.05) is 19.0 Å². The highest BCUT2D eigenvalue weighted by atomic mass is 32.1. The molecule has 0 aliphatic heterocycles. The average molecular weight is 255 g/mol. The standard InChI is InChI=1S/C14H13N3S/c1-17(2)11-7-5-10(6-8-11)13-16-12-4-3-9-15-14(12)18-13/h3-9H,1-2H3. The predicted octanol–water partition coefficient (Wildman–Crippen LogP) is 3.42. The van der Waals surface area contributed by atoms with Crippen LogP contribution in [-0.4, -0.2) is 24.1 Å². The van der Waals surface area contributed by atoms with Crippen molar-refractivity contribution in [2.24, 2.45) is 0 Å². The minimum Gasteiger partial charge on any atom is -0.378 e. The van der Waals surface area contributed by atoms with Crippen molar-refractivity contribution >= 4 is 27.4 Å². The summed E-state index contributed by atoms with van der Waals surface area (Å²) in [7, 11) is 4.08. The molecule has 0 fully saturated rings. The molecule has 3 aromatic rings. The first kappa shape index (κ1) is 11.2. The number of hydrogen-bond donors (Lipinski definition) is 0. The summed E-state index contributed by atoms with van der Waals surface area (Å²) in [4.78, 5) is 12.0. The number of aromatic nitrogens is 2. The number of rotatable bonds is 2. The van der Waals surface area contributed by atoms with Gasteiger partial charge in [-0.25, -0.2) is 9.97 Å². The lowest BCUT2D eigenvalue weighted by Crippen LogP contribution is -2.07. The van der Waals surface area contributed by atoms with E-state index < -0.39 is 0 Å². The number of benzene rings is 1. The zero-order valence-electron chi connectivity index (χ0n) is 10.3. The van der Waals surface area contributed by atoms with Crippen molar-refractivity contribution in [3.05, 3.63) is 42.6 Å². The third-order valence-electron chi connectivity index (χ3n) is 2.80. The maximum atomic E-state index is 4.60. The molecule has 0 aliphatic rings. The fraction of sp³-hybridized carbons (Fsp3) is 0.143. The quantitative estimate of drug-likeness (QED) is 0.702. The normalized spacial score (nSPS) is 10.8. The Morgan fingerprint density at radius 1 is 1.06 bits per heavy atom. The fourth-order valence-corrected chi connectivity index (χ4v) is 2.71. The molecule has 1 aromatic carbocycles. The van der Waals surface area contributed by atoms with Gasteiger partial charge in [0.25, 0.3) is 0 Å². The average Bonchev–Trinajstić information content (AvgIpc) is 2.82. The molecule has 0 amide bonds. The summed E-state index contributed by atoms with van der Waals surface area (Å²) in [6, 6.07) is 12.3. The first-order chi connectivity index (χ1) is 8.74. The summed E-state index contributed by atoms with van der Waals surface area (Å²) in [5.74, 6) is 0. The van der Waals surface area contributed by atoms with Crippen LogP contribution in [0.15, 0.2) is 42.6 Å². The maximum Gasteiger partial charge on any atom is 0.143 e. The van der Waals surface area contributed by atoms with Crippen LogP contribution in [0.5, 0.6) is 0 Å². The summed E-state index contributed by atoms with van der Waals surface area (Å²) < 4.78 is 0. The molecule has 0 saturated carbocycles. The van der Waals surface area contributed by atoms with Gasteiger partial charge in [-0.2, -0.15) is 0 Å². The van der Waals surface area contributed by atoms with Crippen LogP contribution < -0.4 is 4.90 Å². The summed E-state index contributed by atoms with van der Waals surface area (Å²) >= 11 is 1.63. The number of thiazole rings is 1. The monoisotopic (exact) mass is 255 g/mol. The Labute approximate surface area is 110 Å². The molecule has 0 radical (unpaired) electrons. The number of hydrogen-bond acceptors (Lipinski definition) is 4. The molecule has 18 heavy (non-hydrogen) atoms. The molecule has 0 N–H and O–H groups in total. The van der Waals surface area contributed by atoms with E-state index in [1.807, 2.05) is 26.2 Å². The lowest BCUT2D eigenvalue weighted by atomic mass is 10.2. The minimum atomic E-state index is 0.967. The maximum absolute atomic E-state index is 4.60. The van der Waals surface area contributed by atoms with Crippen LogP contribution in [0.1, 0.15) is 0 Å². The molecule has 3 rings (SSSR count). The molecule has 0 aliphatic carbocycles. The Bertz CT molecular complexity index is 638. The number of anilines is 1. The van der Waals surface area contributed by atoms with Crippen LogP contribution in [0.3, 0.4) is 0 Å². The van der Waals surface area contributed by atoms with Gasteiger partial charge in [0.15, 0.2) is 0 Å². The van der Waals surface area contributed by atoms with Gasteiger partial charge < -0.3 is 4.90 Å². The fourth-order valence-electron chi connectivity index (χ4n) is 1.80. The van der Waals surface area contributed by atoms with Crippen molar-refractivity contribution in [3.63, 3.8) is 0 Å². The molecule has 90 valence electrons. The molecule has 2 heterocycles. The molecular formula is C14H13N3S. The van der Waals surface area contributed by atoms with Gasteiger partial charge in [-0.1, -0.05) is 11.3 Å². The van der Waals surface area contributed by atoms with Crippen LogP contribution in [0.4, 0.5) is 5.69 Å². The van der Waals surface area contributed by atoms with E-state index in [9.17, 15) is 0 Å². The molecule has 4 heteroatoms. The van der Waals surface area contributed by atoms with Crippen LogP contribution in [0.25, 0.3) is 20.9 Å². The predicted molar refractivity (Wildman–Crippen MR) is 77.2 cm³/mol. The van der Waals surface area contributed by atoms with E-state index in [-0.39, 0.29) is 0 Å². The summed E-state index contributed by atoms with van der Waals surface area (Å²) in [5.41, 5.74) is 3.30. The zero-order chi connectivity index (χ0) is 12.5. The Kier molecular flexibility index (Phi) is 2.72. The Morgan fingerprint density at radius 3 is 2.50 bits per heavy atom. The Hall–Kier alpha value is -1.94. The largest absolute Gasteiger partial charge is 0.378 e. The molecule has 0 atom stereocenters. The van der Waals surface area contributed by atoms with Crippen LogP contribution in [0, 0.1) is 0 Å². The lowest BCUT2D eigenvalue weighted by molar-refractivity contribution is 1.13. The van der Waals surface area contributed by atoms with E-state index in [4.69, 9.17) is 0 Å². The van der Waals surface area contributed by atoms with Gasteiger partial charge in [-0.15, -0.1) is 0 Å². The van der Waals surface area contributed by atoms with E-state index in [1.54, 1.807) is 17.5 Å². The van der Waals surface area contributed by atoms with Gasteiger partial charge in [-0.3, -0.25) is 0 Å². The Balaban J connectivity index is 2.03. The van der Waals surface area contributed by atoms with Crippen LogP contribution in [-0.2, 0) is 0 Å². The highest BCUT2D eigenvalue weighted by Crippen LogP contribution is 2.29. The van der Waals surface area contributed by atoms with E-state index in [1.165, 1.54) is 5.69 Å². The molecule has 0 unspecified atom stereocenters. The van der Waals surface area contributed by atoms with Crippen molar-refractivity contribution in [1.29, 1.82) is 0 Å². The highest BCUT2D eigenvalue weighted by Gasteiger charge is 2.06. The number of pyridine rings is 1. The number of nitrogens with zero attached hydrogens (tertiary/aromatic N) is 3. The topological polar surface area (TPSA) is 29.0 Å². The second-order valence-electron chi connectivity index (χ2n) is 4.29. The van der Waals surface area contributed by atoms with E-state index >= 15 is 0 Å². The first-order valence-corrected chi connectivity index (χ1v) is 6.55. The second-order valence-corrected chi connectivity index (χ2v) is 5.27. The zero-order valence-corrected chi connectivity index (χ0v) is 11.1. The molecule has 0 saturated heterocycles. The SMILES string of the molecule is CN(C)c1ccc(-c2nc3cccnc3s2)cc1. The first-order valence-electron chi connectivity index (χ1n) is 5.73. The van der Waals surface area contributed by atoms with E-state index in [0.29, 0.717) is 0 Å². The van der Waals surface area contributed by atoms with Gasteiger partial charge >= 0.3 is 0 Å². The molecule has 0 spiro atoms. The summed E-state index contributed by atoms with van der Waals surface area (Å²) in [6.07, 6.45) is 1.80. The van der Waals surface area contributed by atoms with Gasteiger partial charge in [0.2, 0.25) is 0 Å². The molecule has 2 aromatic heterocycles.